The Kier molecular flexibility index (Phi) is 7.74. The molecule has 2 atom stereocenters. The number of likely N-dealkylation sites (N-methyl/N-ethyl adjacent to an activating group) is 1. The van der Waals surface area contributed by atoms with Crippen LogP contribution < -0.4 is 15.1 Å². The lowest BCUT2D eigenvalue weighted by Gasteiger charge is -2.33. The maximum atomic E-state index is 4.58. The number of hydrogen-bond donors (Lipinski definition) is 1. The fourth-order valence-corrected chi connectivity index (χ4v) is 6.97. The molecule has 1 aromatic carbocycles. The Morgan fingerprint density at radius 1 is 1.19 bits per heavy atom. The molecule has 2 heterocycles. The molecular weight excluding hydrogens is 404 g/mol. The molecule has 0 fully saturated rings. The number of hydrogen-bond acceptors (Lipinski definition) is 1. The van der Waals surface area contributed by atoms with E-state index in [9.17, 15) is 0 Å². The molecule has 3 heteroatoms. The van der Waals surface area contributed by atoms with Gasteiger partial charge in [0, 0.05) is 28.9 Å². The molecule has 32 heavy (non-hydrogen) atoms. The van der Waals surface area contributed by atoms with Crippen molar-refractivity contribution in [3.8, 4) is 11.3 Å². The molecule has 1 aliphatic heterocycles. The minimum absolute atomic E-state index is 0.242. The quantitative estimate of drug-likeness (QED) is 0.214. The highest BCUT2D eigenvalue weighted by Crippen LogP contribution is 2.43. The summed E-state index contributed by atoms with van der Waals surface area (Å²) in [6.45, 7) is 21.4. The second-order valence-corrected chi connectivity index (χ2v) is 15.2. The van der Waals surface area contributed by atoms with Crippen LogP contribution in [0, 0.1) is 0 Å². The summed E-state index contributed by atoms with van der Waals surface area (Å²) >= 11 is 0. The van der Waals surface area contributed by atoms with Gasteiger partial charge in [0.2, 0.25) is 5.69 Å². The summed E-state index contributed by atoms with van der Waals surface area (Å²) in [6.07, 6.45) is 9.86. The molecule has 3 rings (SSSR count). The van der Waals surface area contributed by atoms with Crippen molar-refractivity contribution in [3.63, 3.8) is 0 Å². The number of nitrogens with one attached hydrogen (secondary N) is 1. The Hall–Kier alpha value is -2.23. The monoisotopic (exact) mass is 445 g/mol. The van der Waals surface area contributed by atoms with Crippen LogP contribution in [-0.4, -0.2) is 21.7 Å². The van der Waals surface area contributed by atoms with Gasteiger partial charge in [-0.2, -0.15) is 4.57 Å². The van der Waals surface area contributed by atoms with Gasteiger partial charge in [-0.15, -0.1) is 0 Å². The Morgan fingerprint density at radius 2 is 1.91 bits per heavy atom. The average Bonchev–Trinajstić information content (AvgIpc) is 2.76. The van der Waals surface area contributed by atoms with Crippen molar-refractivity contribution in [2.45, 2.75) is 64.7 Å². The summed E-state index contributed by atoms with van der Waals surface area (Å²) < 4.78 is 2.57. The molecule has 1 aliphatic rings. The van der Waals surface area contributed by atoms with Crippen molar-refractivity contribution >= 4 is 13.3 Å². The van der Waals surface area contributed by atoms with Crippen LogP contribution in [0.1, 0.15) is 49.8 Å². The zero-order valence-corrected chi connectivity index (χ0v) is 22.0. The lowest BCUT2D eigenvalue weighted by Crippen LogP contribution is -2.54. The highest BCUT2D eigenvalue weighted by atomic mass is 28.3. The lowest BCUT2D eigenvalue weighted by molar-refractivity contribution is -0.708. The van der Waals surface area contributed by atoms with Gasteiger partial charge in [0.15, 0.2) is 12.2 Å². The molecule has 0 radical (unpaired) electrons. The van der Waals surface area contributed by atoms with Gasteiger partial charge in [0.1, 0.15) is 0 Å². The van der Waals surface area contributed by atoms with E-state index < -0.39 is 8.07 Å². The largest absolute Gasteiger partial charge is 0.316 e. The molecule has 1 N–H and O–H groups in total. The minimum atomic E-state index is -1.49. The summed E-state index contributed by atoms with van der Waals surface area (Å²) in [4.78, 5) is 0. The molecule has 0 saturated carbocycles. The SMILES string of the molecule is C=C(/C=C\C)CCC1c2ccccc2-c2cc(CC)c([Si](C)(C)C)c[n+]2C1C(=C)CNC. The smallest absolute Gasteiger partial charge is 0.213 e. The third kappa shape index (κ3) is 4.89. The first kappa shape index (κ1) is 24.4. The highest BCUT2D eigenvalue weighted by molar-refractivity contribution is 6.88. The summed E-state index contributed by atoms with van der Waals surface area (Å²) in [5.74, 6) is 0.383. The first-order valence-electron chi connectivity index (χ1n) is 12.0. The molecule has 2 nitrogen and oxygen atoms in total. The van der Waals surface area contributed by atoms with E-state index in [-0.39, 0.29) is 6.04 Å². The van der Waals surface area contributed by atoms with Crippen molar-refractivity contribution in [1.82, 2.24) is 5.32 Å². The first-order chi connectivity index (χ1) is 15.2. The topological polar surface area (TPSA) is 15.9 Å². The molecule has 0 spiro atoms. The van der Waals surface area contributed by atoms with Crippen molar-refractivity contribution in [1.29, 1.82) is 0 Å². The predicted octanol–water partition coefficient (Wildman–Crippen LogP) is 6.08. The molecule has 170 valence electrons. The number of pyridine rings is 1. The van der Waals surface area contributed by atoms with Gasteiger partial charge in [0.25, 0.3) is 0 Å². The number of rotatable bonds is 9. The van der Waals surface area contributed by atoms with E-state index in [0.29, 0.717) is 5.92 Å². The zero-order valence-electron chi connectivity index (χ0n) is 21.0. The molecule has 0 bridgehead atoms. The maximum Gasteiger partial charge on any atom is 0.213 e. The fourth-order valence-electron chi connectivity index (χ4n) is 5.23. The number of aryl methyl sites for hydroxylation is 1. The van der Waals surface area contributed by atoms with Gasteiger partial charge in [-0.05, 0) is 50.4 Å². The van der Waals surface area contributed by atoms with Crippen LogP contribution in [0.2, 0.25) is 19.6 Å². The van der Waals surface area contributed by atoms with Crippen LogP contribution in [0.25, 0.3) is 11.3 Å². The van der Waals surface area contributed by atoms with Gasteiger partial charge in [-0.3, -0.25) is 0 Å². The van der Waals surface area contributed by atoms with E-state index in [2.05, 4.69) is 105 Å². The summed E-state index contributed by atoms with van der Waals surface area (Å²) in [5.41, 5.74) is 8.11. The Labute approximate surface area is 196 Å². The van der Waals surface area contributed by atoms with E-state index >= 15 is 0 Å². The molecule has 0 aliphatic carbocycles. The van der Waals surface area contributed by atoms with Crippen molar-refractivity contribution in [2.75, 3.05) is 13.6 Å². The second-order valence-electron chi connectivity index (χ2n) is 10.1. The summed E-state index contributed by atoms with van der Waals surface area (Å²) in [5, 5.41) is 4.93. The normalized spacial score (nSPS) is 17.8. The third-order valence-corrected chi connectivity index (χ3v) is 8.78. The standard InChI is InChI=1S/C29H41N2Si/c1-9-13-21(3)16-17-26-24-14-11-12-15-25(24)27-18-23(10-2)28(32(6,7)8)20-31(27)29(26)22(4)19-30-5/h9,11-15,18,20,26,29-30H,3-4,10,16-17,19H2,1-2,5-8H3/q+1/b13-9-. The Bertz CT molecular complexity index is 1030. The van der Waals surface area contributed by atoms with Gasteiger partial charge < -0.3 is 5.32 Å². The van der Waals surface area contributed by atoms with Crippen molar-refractivity contribution < 1.29 is 4.57 Å². The van der Waals surface area contributed by atoms with E-state index in [0.717, 1.165) is 25.8 Å². The summed E-state index contributed by atoms with van der Waals surface area (Å²) in [7, 11) is 0.527. The minimum Gasteiger partial charge on any atom is -0.316 e. The molecular formula is C29H41N2Si+. The van der Waals surface area contributed by atoms with Crippen LogP contribution in [0.4, 0.5) is 0 Å². The van der Waals surface area contributed by atoms with Crippen LogP contribution in [0.5, 0.6) is 0 Å². The van der Waals surface area contributed by atoms with Gasteiger partial charge in [0.05, 0.1) is 14.0 Å². The number of benzene rings is 1. The fraction of sp³-hybridized carbons (Fsp3) is 0.414. The van der Waals surface area contributed by atoms with E-state index in [4.69, 9.17) is 0 Å². The maximum absolute atomic E-state index is 4.58. The van der Waals surface area contributed by atoms with Crippen LogP contribution >= 0.6 is 0 Å². The lowest BCUT2D eigenvalue weighted by atomic mass is 9.77. The molecule has 0 amide bonds. The Balaban J connectivity index is 2.23. The number of allylic oxidation sites excluding steroid dienone is 3. The molecule has 1 aromatic heterocycles. The predicted molar refractivity (Wildman–Crippen MR) is 142 cm³/mol. The van der Waals surface area contributed by atoms with E-state index in [1.54, 1.807) is 5.19 Å². The highest BCUT2D eigenvalue weighted by Gasteiger charge is 2.42. The van der Waals surface area contributed by atoms with Gasteiger partial charge >= 0.3 is 0 Å². The number of nitrogens with zero attached hydrogens (tertiary/aromatic N) is 1. The van der Waals surface area contributed by atoms with Gasteiger partial charge in [-0.25, -0.2) is 0 Å². The van der Waals surface area contributed by atoms with Crippen molar-refractivity contribution in [3.05, 3.63) is 84.1 Å². The average molecular weight is 446 g/mol. The molecule has 2 unspecified atom stereocenters. The van der Waals surface area contributed by atoms with Crippen molar-refractivity contribution in [2.24, 2.45) is 0 Å². The molecule has 2 aromatic rings. The van der Waals surface area contributed by atoms with E-state index in [1.807, 2.05) is 7.05 Å². The number of fused-ring (bicyclic) bond motifs is 3. The number of aromatic nitrogens is 1. The molecule has 0 saturated heterocycles. The Morgan fingerprint density at radius 3 is 2.53 bits per heavy atom. The zero-order chi connectivity index (χ0) is 23.5. The first-order valence-corrected chi connectivity index (χ1v) is 15.5. The second kappa shape index (κ2) is 10.1. The summed E-state index contributed by atoms with van der Waals surface area (Å²) in [6, 6.07) is 11.7. The van der Waals surface area contributed by atoms with Crippen LogP contribution in [0.15, 0.2) is 73.0 Å². The van der Waals surface area contributed by atoms with Crippen LogP contribution in [-0.2, 0) is 6.42 Å². The van der Waals surface area contributed by atoms with E-state index in [1.165, 1.54) is 33.5 Å². The van der Waals surface area contributed by atoms with Crippen LogP contribution in [0.3, 0.4) is 0 Å². The third-order valence-electron chi connectivity index (χ3n) is 6.71. The van der Waals surface area contributed by atoms with Gasteiger partial charge in [-0.1, -0.05) is 75.6 Å².